The Morgan fingerprint density at radius 2 is 1.73 bits per heavy atom. The molecule has 7 rings (SSSR count). The smallest absolute Gasteiger partial charge is 0.310 e. The van der Waals surface area contributed by atoms with Crippen LogP contribution in [0, 0.1) is 17.7 Å². The summed E-state index contributed by atoms with van der Waals surface area (Å²) in [4.78, 5) is 27.1. The summed E-state index contributed by atoms with van der Waals surface area (Å²) in [5, 5.41) is 11.2. The average Bonchev–Trinajstić information content (AvgIpc) is 3.80. The topological polar surface area (TPSA) is 132 Å². The summed E-state index contributed by atoms with van der Waals surface area (Å²) in [5.74, 6) is -0.466. The molecule has 0 radical (unpaired) electrons. The first-order chi connectivity index (χ1) is 21.9. The van der Waals surface area contributed by atoms with Crippen molar-refractivity contribution in [2.75, 3.05) is 34.7 Å². The fourth-order valence-electron chi connectivity index (χ4n) is 6.55. The number of ether oxygens (including phenoxy) is 6. The SMILES string of the molecule is COc1cc([C@@H]2c3cc4c(cc3[C@@H](NC(=O)c3cn(Cc5cccc(F)c5)nn3)[C@H]3COC(=O)[C@H]23)OCO4)cc(OC)c1OC. The van der Waals surface area contributed by atoms with Gasteiger partial charge in [-0.1, -0.05) is 17.3 Å². The zero-order valence-corrected chi connectivity index (χ0v) is 24.6. The van der Waals surface area contributed by atoms with E-state index < -0.39 is 29.7 Å². The fraction of sp³-hybridized carbons (Fsp3) is 0.312. The van der Waals surface area contributed by atoms with E-state index in [-0.39, 0.29) is 37.4 Å². The number of carbonyl (C=O) groups excluding carboxylic acids is 2. The van der Waals surface area contributed by atoms with Crippen molar-refractivity contribution in [2.45, 2.75) is 18.5 Å². The Morgan fingerprint density at radius 3 is 2.42 bits per heavy atom. The lowest BCUT2D eigenvalue weighted by molar-refractivity contribution is -0.141. The molecule has 45 heavy (non-hydrogen) atoms. The quantitative estimate of drug-likeness (QED) is 0.293. The second kappa shape index (κ2) is 11.3. The molecule has 1 aliphatic carbocycles. The molecule has 4 aromatic rings. The molecule has 1 N–H and O–H groups in total. The number of rotatable bonds is 8. The van der Waals surface area contributed by atoms with E-state index in [0.717, 1.165) is 16.7 Å². The lowest BCUT2D eigenvalue weighted by Gasteiger charge is -2.39. The van der Waals surface area contributed by atoms with E-state index in [1.807, 2.05) is 24.3 Å². The molecule has 1 amide bonds. The number of halogens is 1. The number of nitrogens with one attached hydrogen (secondary N) is 1. The predicted octanol–water partition coefficient (Wildman–Crippen LogP) is 3.63. The predicted molar refractivity (Wildman–Crippen MR) is 154 cm³/mol. The van der Waals surface area contributed by atoms with Crippen LogP contribution in [0.1, 0.15) is 44.7 Å². The van der Waals surface area contributed by atoms with Crippen LogP contribution in [0.25, 0.3) is 0 Å². The van der Waals surface area contributed by atoms with Gasteiger partial charge in [0.1, 0.15) is 5.82 Å². The Labute approximate surface area is 256 Å². The van der Waals surface area contributed by atoms with Crippen molar-refractivity contribution in [2.24, 2.45) is 11.8 Å². The molecule has 1 fully saturated rings. The Kier molecular flexibility index (Phi) is 7.15. The van der Waals surface area contributed by atoms with Gasteiger partial charge in [0.2, 0.25) is 12.5 Å². The normalized spacial score (nSPS) is 21.0. The van der Waals surface area contributed by atoms with Gasteiger partial charge in [0.25, 0.3) is 5.91 Å². The molecule has 1 aromatic heterocycles. The van der Waals surface area contributed by atoms with Crippen molar-refractivity contribution in [1.82, 2.24) is 20.3 Å². The summed E-state index contributed by atoms with van der Waals surface area (Å²) in [5.41, 5.74) is 2.99. The molecule has 3 aromatic carbocycles. The van der Waals surface area contributed by atoms with E-state index in [1.165, 1.54) is 44.3 Å². The van der Waals surface area contributed by atoms with Gasteiger partial charge in [-0.05, 0) is 58.7 Å². The minimum atomic E-state index is -0.658. The number of hydrogen-bond acceptors (Lipinski definition) is 10. The molecular weight excluding hydrogens is 587 g/mol. The highest BCUT2D eigenvalue weighted by atomic mass is 19.1. The maximum absolute atomic E-state index is 13.7. The molecule has 232 valence electrons. The van der Waals surface area contributed by atoms with Crippen molar-refractivity contribution in [3.63, 3.8) is 0 Å². The highest BCUT2D eigenvalue weighted by molar-refractivity contribution is 5.92. The van der Waals surface area contributed by atoms with Gasteiger partial charge < -0.3 is 33.7 Å². The molecule has 3 heterocycles. The minimum absolute atomic E-state index is 0.0490. The summed E-state index contributed by atoms with van der Waals surface area (Å²) in [6.07, 6.45) is 1.50. The molecule has 1 saturated heterocycles. The van der Waals surface area contributed by atoms with E-state index in [1.54, 1.807) is 12.1 Å². The second-order valence-corrected chi connectivity index (χ2v) is 11.0. The van der Waals surface area contributed by atoms with E-state index in [2.05, 4.69) is 15.6 Å². The zero-order valence-electron chi connectivity index (χ0n) is 24.6. The van der Waals surface area contributed by atoms with Crippen LogP contribution in [0.5, 0.6) is 28.7 Å². The third kappa shape index (κ3) is 4.93. The number of aromatic nitrogens is 3. The lowest BCUT2D eigenvalue weighted by atomic mass is 9.65. The molecule has 3 aliphatic rings. The standard InChI is InChI=1S/C32H29FN4O8/c1-40-25-8-17(9-26(41-2)30(25)42-3)27-19-10-23-24(45-15-44-23)11-20(19)29(21-14-43-32(39)28(21)27)34-31(38)22-13-37(36-35-22)12-16-5-4-6-18(33)7-16/h4-11,13,21,27-29H,12,14-15H2,1-3H3,(H,34,38)/t21-,27+,28-,29+/m0/s1. The van der Waals surface area contributed by atoms with E-state index in [9.17, 15) is 14.0 Å². The van der Waals surface area contributed by atoms with Crippen LogP contribution in [0.15, 0.2) is 54.7 Å². The van der Waals surface area contributed by atoms with Crippen LogP contribution < -0.4 is 29.0 Å². The van der Waals surface area contributed by atoms with Crippen molar-refractivity contribution in [3.05, 3.63) is 88.5 Å². The molecule has 0 spiro atoms. The van der Waals surface area contributed by atoms with E-state index >= 15 is 0 Å². The van der Waals surface area contributed by atoms with E-state index in [4.69, 9.17) is 28.4 Å². The second-order valence-electron chi connectivity index (χ2n) is 11.0. The number of methoxy groups -OCH3 is 3. The first-order valence-corrected chi connectivity index (χ1v) is 14.2. The Bertz CT molecular complexity index is 1780. The van der Waals surface area contributed by atoms with Gasteiger partial charge in [0, 0.05) is 11.8 Å². The number of fused-ring (bicyclic) bond motifs is 3. The monoisotopic (exact) mass is 616 g/mol. The van der Waals surface area contributed by atoms with Crippen molar-refractivity contribution < 1.29 is 42.4 Å². The largest absolute Gasteiger partial charge is 0.493 e. The number of hydrogen-bond donors (Lipinski definition) is 1. The number of cyclic esters (lactones) is 1. The van der Waals surface area contributed by atoms with Crippen LogP contribution in [0.2, 0.25) is 0 Å². The minimum Gasteiger partial charge on any atom is -0.493 e. The van der Waals surface area contributed by atoms with Crippen LogP contribution in [-0.2, 0) is 16.1 Å². The summed E-state index contributed by atoms with van der Waals surface area (Å²) < 4.78 is 49.0. The maximum Gasteiger partial charge on any atom is 0.310 e. The van der Waals surface area contributed by atoms with Crippen molar-refractivity contribution >= 4 is 11.9 Å². The zero-order chi connectivity index (χ0) is 31.2. The Hall–Kier alpha value is -5.33. The fourth-order valence-corrected chi connectivity index (χ4v) is 6.55. The van der Waals surface area contributed by atoms with Crippen molar-refractivity contribution in [3.8, 4) is 28.7 Å². The third-order valence-corrected chi connectivity index (χ3v) is 8.52. The summed E-state index contributed by atoms with van der Waals surface area (Å²) in [6, 6.07) is 12.8. The molecular formula is C32H29FN4O8. The molecule has 12 nitrogen and oxygen atoms in total. The molecule has 2 aliphatic heterocycles. The van der Waals surface area contributed by atoms with Gasteiger partial charge in [-0.15, -0.1) is 5.10 Å². The number of amides is 1. The molecule has 0 unspecified atom stereocenters. The van der Waals surface area contributed by atoms with Gasteiger partial charge in [-0.2, -0.15) is 0 Å². The summed E-state index contributed by atoms with van der Waals surface area (Å²) >= 11 is 0. The third-order valence-electron chi connectivity index (χ3n) is 8.52. The van der Waals surface area contributed by atoms with Gasteiger partial charge >= 0.3 is 5.97 Å². The van der Waals surface area contributed by atoms with E-state index in [0.29, 0.717) is 34.3 Å². The highest BCUT2D eigenvalue weighted by Gasteiger charge is 2.53. The lowest BCUT2D eigenvalue weighted by Crippen LogP contribution is -2.43. The maximum atomic E-state index is 13.7. The Balaban J connectivity index is 1.28. The van der Waals surface area contributed by atoms with Gasteiger partial charge in [-0.25, -0.2) is 9.07 Å². The van der Waals surface area contributed by atoms with Crippen LogP contribution in [-0.4, -0.2) is 61.6 Å². The van der Waals surface area contributed by atoms with Gasteiger partial charge in [0.05, 0.1) is 52.6 Å². The number of benzene rings is 3. The van der Waals surface area contributed by atoms with Gasteiger partial charge in [-0.3, -0.25) is 9.59 Å². The van der Waals surface area contributed by atoms with Crippen molar-refractivity contribution in [1.29, 1.82) is 0 Å². The van der Waals surface area contributed by atoms with Crippen LogP contribution >= 0.6 is 0 Å². The molecule has 0 saturated carbocycles. The number of esters is 1. The molecule has 13 heteroatoms. The van der Waals surface area contributed by atoms with Gasteiger partial charge in [0.15, 0.2) is 28.7 Å². The summed E-state index contributed by atoms with van der Waals surface area (Å²) in [7, 11) is 4.58. The molecule has 4 atom stereocenters. The highest BCUT2D eigenvalue weighted by Crippen LogP contribution is 2.55. The van der Waals surface area contributed by atoms with Crippen LogP contribution in [0.3, 0.4) is 0 Å². The summed E-state index contributed by atoms with van der Waals surface area (Å²) in [6.45, 7) is 0.375. The molecule has 0 bridgehead atoms. The first-order valence-electron chi connectivity index (χ1n) is 14.2. The van der Waals surface area contributed by atoms with Crippen LogP contribution in [0.4, 0.5) is 4.39 Å². The first kappa shape index (κ1) is 28.4. The Morgan fingerprint density at radius 1 is 1.00 bits per heavy atom. The number of carbonyl (C=O) groups is 2. The number of nitrogens with zero attached hydrogens (tertiary/aromatic N) is 3. The average molecular weight is 617 g/mol.